The number of carbonyl (C=O) groups is 1. The number of hydrogen-bond donors (Lipinski definition) is 1. The van der Waals surface area contributed by atoms with Crippen molar-refractivity contribution in [2.45, 2.75) is 25.1 Å². The first-order valence-corrected chi connectivity index (χ1v) is 3.71. The van der Waals surface area contributed by atoms with Crippen LogP contribution in [-0.2, 0) is 4.79 Å². The van der Waals surface area contributed by atoms with Crippen molar-refractivity contribution in [1.29, 1.82) is 0 Å². The van der Waals surface area contributed by atoms with Crippen LogP contribution in [0.15, 0.2) is 0 Å². The van der Waals surface area contributed by atoms with E-state index in [9.17, 15) is 13.6 Å². The van der Waals surface area contributed by atoms with Crippen molar-refractivity contribution in [3.05, 3.63) is 0 Å². The van der Waals surface area contributed by atoms with Crippen molar-refractivity contribution in [3.63, 3.8) is 0 Å². The van der Waals surface area contributed by atoms with E-state index < -0.39 is 11.3 Å². The molecule has 0 atom stereocenters. The first-order chi connectivity index (χ1) is 4.98. The minimum Gasteiger partial charge on any atom is -0.350 e. The molecule has 0 aromatic rings. The van der Waals surface area contributed by atoms with Crippen molar-refractivity contribution in [2.75, 3.05) is 6.54 Å². The number of carbonyl (C=O) groups excluding carboxylic acids is 1. The van der Waals surface area contributed by atoms with Crippen molar-refractivity contribution in [3.8, 4) is 0 Å². The summed E-state index contributed by atoms with van der Waals surface area (Å²) < 4.78 is 23.8. The van der Waals surface area contributed by atoms with Gasteiger partial charge in [0.25, 0.3) is 0 Å². The number of amides is 1. The van der Waals surface area contributed by atoms with Crippen LogP contribution in [-0.4, -0.2) is 17.8 Å². The smallest absolute Gasteiger partial charge is 0.350 e. The summed E-state index contributed by atoms with van der Waals surface area (Å²) in [6.45, 7) is 2.14. The van der Waals surface area contributed by atoms with Gasteiger partial charge in [-0.3, -0.25) is 4.79 Å². The molecule has 0 saturated heterocycles. The molecule has 0 aromatic carbocycles. The van der Waals surface area contributed by atoms with Gasteiger partial charge in [-0.25, -0.2) is 0 Å². The van der Waals surface area contributed by atoms with E-state index in [2.05, 4.69) is 11.6 Å². The molecule has 0 aliphatic carbocycles. The predicted octanol–water partition coefficient (Wildman–Crippen LogP) is 1.73. The van der Waals surface area contributed by atoms with Crippen LogP contribution in [0.5, 0.6) is 0 Å². The highest BCUT2D eigenvalue weighted by Gasteiger charge is 2.34. The first-order valence-electron chi connectivity index (χ1n) is 3.33. The molecule has 0 bridgehead atoms. The van der Waals surface area contributed by atoms with E-state index in [4.69, 9.17) is 0 Å². The Labute approximate surface area is 68.9 Å². The van der Waals surface area contributed by atoms with Gasteiger partial charge in [-0.05, 0) is 18.0 Å². The Balaban J connectivity index is 3.54. The summed E-state index contributed by atoms with van der Waals surface area (Å²) in [4.78, 5) is 10.3. The number of alkyl halides is 3. The molecule has 0 aliphatic heterocycles. The number of rotatable bonds is 4. The maximum Gasteiger partial charge on any atom is 0.399 e. The Morgan fingerprint density at radius 2 is 2.18 bits per heavy atom. The molecule has 0 saturated carbocycles. The second-order valence-corrected chi connectivity index (χ2v) is 2.58. The van der Waals surface area contributed by atoms with Crippen molar-refractivity contribution in [1.82, 2.24) is 5.32 Å². The minimum atomic E-state index is -3.77. The van der Waals surface area contributed by atoms with Gasteiger partial charge < -0.3 is 5.32 Å². The summed E-state index contributed by atoms with van der Waals surface area (Å²) in [5, 5.41) is -1.77. The third-order valence-corrected chi connectivity index (χ3v) is 1.24. The Bertz CT molecular complexity index is 135. The fourth-order valence-corrected chi connectivity index (χ4v) is 0.546. The molecule has 0 unspecified atom stereocenters. The molecule has 0 aliphatic rings. The van der Waals surface area contributed by atoms with E-state index in [0.717, 1.165) is 6.42 Å². The molecular formula is C6H10ClF2NO. The molecule has 0 heterocycles. The molecule has 5 heteroatoms. The lowest BCUT2D eigenvalue weighted by Crippen LogP contribution is -2.36. The van der Waals surface area contributed by atoms with Crippen molar-refractivity contribution in [2.24, 2.45) is 0 Å². The SMILES string of the molecule is CCCCNC(=O)C(F)(F)Cl. The Morgan fingerprint density at radius 1 is 1.64 bits per heavy atom. The van der Waals surface area contributed by atoms with Crippen LogP contribution in [0.1, 0.15) is 19.8 Å². The molecule has 0 aromatic heterocycles. The standard InChI is InChI=1S/C6H10ClF2NO/c1-2-3-4-10-5(11)6(7,8)9/h2-4H2,1H3,(H,10,11). The van der Waals surface area contributed by atoms with Crippen molar-refractivity contribution < 1.29 is 13.6 Å². The van der Waals surface area contributed by atoms with Gasteiger partial charge in [-0.15, -0.1) is 0 Å². The largest absolute Gasteiger partial charge is 0.399 e. The van der Waals surface area contributed by atoms with E-state index >= 15 is 0 Å². The second-order valence-electron chi connectivity index (χ2n) is 2.11. The molecule has 11 heavy (non-hydrogen) atoms. The zero-order valence-electron chi connectivity index (χ0n) is 6.16. The average molecular weight is 186 g/mol. The van der Waals surface area contributed by atoms with Crippen LogP contribution < -0.4 is 5.32 Å². The van der Waals surface area contributed by atoms with Crippen molar-refractivity contribution >= 4 is 17.5 Å². The average Bonchev–Trinajstić information content (AvgIpc) is 1.86. The minimum absolute atomic E-state index is 0.248. The monoisotopic (exact) mass is 185 g/mol. The summed E-state index contributed by atoms with van der Waals surface area (Å²) >= 11 is 4.42. The molecule has 0 fully saturated rings. The third-order valence-electron chi connectivity index (χ3n) is 1.07. The molecule has 0 radical (unpaired) electrons. The molecule has 1 amide bonds. The highest BCUT2D eigenvalue weighted by molar-refractivity contribution is 6.32. The van der Waals surface area contributed by atoms with Crippen LogP contribution in [0.25, 0.3) is 0 Å². The van der Waals surface area contributed by atoms with E-state index in [0.29, 0.717) is 6.42 Å². The molecular weight excluding hydrogens is 176 g/mol. The zero-order chi connectivity index (χ0) is 8.91. The summed E-state index contributed by atoms with van der Waals surface area (Å²) in [7, 11) is 0. The summed E-state index contributed by atoms with van der Waals surface area (Å²) in [6, 6.07) is 0. The summed E-state index contributed by atoms with van der Waals surface area (Å²) in [6.07, 6.45) is 1.52. The van der Waals surface area contributed by atoms with Crippen LogP contribution in [0.4, 0.5) is 8.78 Å². The second kappa shape index (κ2) is 4.49. The Kier molecular flexibility index (Phi) is 4.33. The van der Waals surface area contributed by atoms with Crippen LogP contribution in [0.2, 0.25) is 0 Å². The zero-order valence-corrected chi connectivity index (χ0v) is 6.92. The highest BCUT2D eigenvalue weighted by Crippen LogP contribution is 2.17. The van der Waals surface area contributed by atoms with Crippen LogP contribution >= 0.6 is 11.6 Å². The number of hydrogen-bond acceptors (Lipinski definition) is 1. The molecule has 66 valence electrons. The van der Waals surface area contributed by atoms with Gasteiger partial charge in [0.1, 0.15) is 0 Å². The quantitative estimate of drug-likeness (QED) is 0.525. The Morgan fingerprint density at radius 3 is 2.55 bits per heavy atom. The maximum atomic E-state index is 11.9. The lowest BCUT2D eigenvalue weighted by atomic mass is 10.3. The fourth-order valence-electron chi connectivity index (χ4n) is 0.479. The topological polar surface area (TPSA) is 29.1 Å². The molecule has 2 nitrogen and oxygen atoms in total. The first kappa shape index (κ1) is 10.6. The summed E-state index contributed by atoms with van der Waals surface area (Å²) in [5.41, 5.74) is 0. The number of nitrogens with one attached hydrogen (secondary N) is 1. The van der Waals surface area contributed by atoms with E-state index in [-0.39, 0.29) is 6.54 Å². The van der Waals surface area contributed by atoms with Gasteiger partial charge >= 0.3 is 11.3 Å². The third kappa shape index (κ3) is 4.95. The van der Waals surface area contributed by atoms with Gasteiger partial charge in [-0.1, -0.05) is 13.3 Å². The van der Waals surface area contributed by atoms with Gasteiger partial charge in [-0.2, -0.15) is 8.78 Å². The van der Waals surface area contributed by atoms with Gasteiger partial charge in [0.2, 0.25) is 0 Å². The molecule has 0 spiro atoms. The van der Waals surface area contributed by atoms with Crippen LogP contribution in [0.3, 0.4) is 0 Å². The van der Waals surface area contributed by atoms with E-state index in [1.165, 1.54) is 0 Å². The van der Waals surface area contributed by atoms with E-state index in [1.807, 2.05) is 12.2 Å². The molecule has 1 N–H and O–H groups in total. The number of unbranched alkanes of at least 4 members (excludes halogenated alkanes) is 1. The number of halogens is 3. The van der Waals surface area contributed by atoms with Crippen LogP contribution in [0, 0.1) is 0 Å². The Hall–Kier alpha value is -0.380. The maximum absolute atomic E-state index is 11.9. The predicted molar refractivity (Wildman–Crippen MR) is 38.7 cm³/mol. The lowest BCUT2D eigenvalue weighted by molar-refractivity contribution is -0.135. The van der Waals surface area contributed by atoms with Gasteiger partial charge in [0.05, 0.1) is 0 Å². The summed E-state index contributed by atoms with van der Waals surface area (Å²) in [5.74, 6) is -1.42. The van der Waals surface area contributed by atoms with Gasteiger partial charge in [0, 0.05) is 6.54 Å². The van der Waals surface area contributed by atoms with E-state index in [1.54, 1.807) is 0 Å². The fraction of sp³-hybridized carbons (Fsp3) is 0.833. The normalized spacial score (nSPS) is 11.3. The molecule has 0 rings (SSSR count). The lowest BCUT2D eigenvalue weighted by Gasteiger charge is -2.07. The van der Waals surface area contributed by atoms with Gasteiger partial charge in [0.15, 0.2) is 0 Å². The highest BCUT2D eigenvalue weighted by atomic mass is 35.5.